The first kappa shape index (κ1) is 20.0. The fourth-order valence-electron chi connectivity index (χ4n) is 2.70. The molecule has 2 aromatic heterocycles. The Hall–Kier alpha value is -4.24. The van der Waals surface area contributed by atoms with Gasteiger partial charge in [0.25, 0.3) is 17.7 Å². The van der Waals surface area contributed by atoms with E-state index in [9.17, 15) is 14.4 Å². The first-order chi connectivity index (χ1) is 15.1. The highest BCUT2D eigenvalue weighted by molar-refractivity contribution is 7.13. The zero-order chi connectivity index (χ0) is 21.6. The lowest BCUT2D eigenvalue weighted by Crippen LogP contribution is -2.15. The average molecular weight is 432 g/mol. The minimum atomic E-state index is -0.380. The topological polar surface area (TPSA) is 113 Å². The van der Waals surface area contributed by atoms with Crippen LogP contribution in [-0.2, 0) is 0 Å². The maximum absolute atomic E-state index is 12.5. The van der Waals surface area contributed by atoms with Crippen molar-refractivity contribution in [2.24, 2.45) is 0 Å². The van der Waals surface area contributed by atoms with E-state index in [1.165, 1.54) is 17.6 Å². The Morgan fingerprint density at radius 2 is 1.55 bits per heavy atom. The summed E-state index contributed by atoms with van der Waals surface area (Å²) in [7, 11) is 0. The molecule has 0 radical (unpaired) electrons. The Morgan fingerprint density at radius 1 is 0.774 bits per heavy atom. The number of anilines is 3. The molecule has 0 saturated heterocycles. The van der Waals surface area contributed by atoms with Crippen LogP contribution < -0.4 is 16.0 Å². The van der Waals surface area contributed by atoms with Crippen LogP contribution in [0.3, 0.4) is 0 Å². The van der Waals surface area contributed by atoms with Crippen molar-refractivity contribution in [2.75, 3.05) is 16.0 Å². The van der Waals surface area contributed by atoms with E-state index in [-0.39, 0.29) is 23.5 Å². The molecule has 0 fully saturated rings. The number of thiazole rings is 1. The third-order valence-corrected chi connectivity index (χ3v) is 4.87. The van der Waals surface area contributed by atoms with Gasteiger partial charge in [0, 0.05) is 34.1 Å². The number of carbonyl (C=O) groups is 3. The summed E-state index contributed by atoms with van der Waals surface area (Å²) in [6, 6.07) is 16.2. The molecule has 0 aliphatic carbocycles. The SMILES string of the molecule is O=C(Nc1cccc(C(=O)Nc2nccs2)c1)c1ccc(NC(=O)c2ccco2)cc1. The molecule has 0 unspecified atom stereocenters. The minimum Gasteiger partial charge on any atom is -0.459 e. The average Bonchev–Trinajstić information content (AvgIpc) is 3.49. The second kappa shape index (κ2) is 9.06. The fraction of sp³-hybridized carbons (Fsp3) is 0. The molecule has 0 bridgehead atoms. The Balaban J connectivity index is 1.39. The van der Waals surface area contributed by atoms with Gasteiger partial charge in [-0.2, -0.15) is 0 Å². The summed E-state index contributed by atoms with van der Waals surface area (Å²) >= 11 is 1.32. The number of aromatic nitrogens is 1. The number of nitrogens with one attached hydrogen (secondary N) is 3. The van der Waals surface area contributed by atoms with Gasteiger partial charge in [0.05, 0.1) is 6.26 Å². The van der Waals surface area contributed by atoms with Crippen LogP contribution in [0.1, 0.15) is 31.3 Å². The van der Waals surface area contributed by atoms with Gasteiger partial charge in [0.2, 0.25) is 0 Å². The molecule has 2 aromatic carbocycles. The lowest BCUT2D eigenvalue weighted by atomic mass is 10.1. The number of carbonyl (C=O) groups excluding carboxylic acids is 3. The number of nitrogens with zero attached hydrogens (tertiary/aromatic N) is 1. The molecule has 154 valence electrons. The van der Waals surface area contributed by atoms with Crippen molar-refractivity contribution in [1.82, 2.24) is 4.98 Å². The van der Waals surface area contributed by atoms with Gasteiger partial charge in [0.15, 0.2) is 10.9 Å². The van der Waals surface area contributed by atoms with Crippen molar-refractivity contribution in [3.63, 3.8) is 0 Å². The largest absolute Gasteiger partial charge is 0.459 e. The maximum atomic E-state index is 12.5. The highest BCUT2D eigenvalue weighted by atomic mass is 32.1. The molecule has 0 spiro atoms. The van der Waals surface area contributed by atoms with E-state index < -0.39 is 0 Å². The van der Waals surface area contributed by atoms with Gasteiger partial charge >= 0.3 is 0 Å². The molecule has 0 saturated carbocycles. The van der Waals surface area contributed by atoms with Crippen LogP contribution in [-0.4, -0.2) is 22.7 Å². The smallest absolute Gasteiger partial charge is 0.291 e. The molecule has 3 amide bonds. The Labute approximate surface area is 180 Å². The number of hydrogen-bond acceptors (Lipinski definition) is 6. The van der Waals surface area contributed by atoms with Crippen LogP contribution >= 0.6 is 11.3 Å². The van der Waals surface area contributed by atoms with E-state index in [1.54, 1.807) is 72.2 Å². The summed E-state index contributed by atoms with van der Waals surface area (Å²) in [5, 5.41) is 10.4. The van der Waals surface area contributed by atoms with E-state index in [1.807, 2.05) is 0 Å². The lowest BCUT2D eigenvalue weighted by Gasteiger charge is -2.08. The van der Waals surface area contributed by atoms with Crippen molar-refractivity contribution in [2.45, 2.75) is 0 Å². The summed E-state index contributed by atoms with van der Waals surface area (Å²) < 4.78 is 5.04. The highest BCUT2D eigenvalue weighted by Crippen LogP contribution is 2.17. The van der Waals surface area contributed by atoms with Crippen LogP contribution in [0, 0.1) is 0 Å². The molecule has 9 heteroatoms. The number of hydrogen-bond donors (Lipinski definition) is 3. The Kier molecular flexibility index (Phi) is 5.86. The van der Waals surface area contributed by atoms with Crippen molar-refractivity contribution in [1.29, 1.82) is 0 Å². The second-order valence-corrected chi connectivity index (χ2v) is 7.23. The zero-order valence-electron chi connectivity index (χ0n) is 16.0. The summed E-state index contributed by atoms with van der Waals surface area (Å²) in [5.74, 6) is -0.847. The summed E-state index contributed by atoms with van der Waals surface area (Å²) in [5.41, 5.74) is 1.79. The van der Waals surface area contributed by atoms with Gasteiger partial charge in [-0.3, -0.25) is 19.7 Å². The van der Waals surface area contributed by atoms with Crippen LogP contribution in [0.15, 0.2) is 82.9 Å². The normalized spacial score (nSPS) is 10.3. The predicted molar refractivity (Wildman–Crippen MR) is 118 cm³/mol. The van der Waals surface area contributed by atoms with E-state index in [4.69, 9.17) is 4.42 Å². The predicted octanol–water partition coefficient (Wildman–Crippen LogP) is 4.49. The quantitative estimate of drug-likeness (QED) is 0.415. The van der Waals surface area contributed by atoms with Crippen molar-refractivity contribution in [3.05, 3.63) is 95.4 Å². The lowest BCUT2D eigenvalue weighted by molar-refractivity contribution is 0.0994. The molecule has 4 rings (SSSR count). The van der Waals surface area contributed by atoms with Gasteiger partial charge in [-0.15, -0.1) is 11.3 Å². The van der Waals surface area contributed by atoms with Crippen molar-refractivity contribution in [3.8, 4) is 0 Å². The molecule has 0 aliphatic rings. The second-order valence-electron chi connectivity index (χ2n) is 6.34. The van der Waals surface area contributed by atoms with Crippen LogP contribution in [0.25, 0.3) is 0 Å². The number of benzene rings is 2. The van der Waals surface area contributed by atoms with Gasteiger partial charge in [-0.25, -0.2) is 4.98 Å². The van der Waals surface area contributed by atoms with Gasteiger partial charge in [0.1, 0.15) is 0 Å². The van der Waals surface area contributed by atoms with Crippen LogP contribution in [0.5, 0.6) is 0 Å². The minimum absolute atomic E-state index is 0.195. The summed E-state index contributed by atoms with van der Waals surface area (Å²) in [4.78, 5) is 40.9. The molecular formula is C22H16N4O4S. The number of furan rings is 1. The summed E-state index contributed by atoms with van der Waals surface area (Å²) in [6.07, 6.45) is 3.02. The van der Waals surface area contributed by atoms with Gasteiger partial charge in [-0.05, 0) is 54.6 Å². The van der Waals surface area contributed by atoms with Crippen LogP contribution in [0.4, 0.5) is 16.5 Å². The maximum Gasteiger partial charge on any atom is 0.291 e. The highest BCUT2D eigenvalue weighted by Gasteiger charge is 2.12. The fourth-order valence-corrected chi connectivity index (χ4v) is 3.23. The molecule has 31 heavy (non-hydrogen) atoms. The van der Waals surface area contributed by atoms with Gasteiger partial charge in [-0.1, -0.05) is 6.07 Å². The molecule has 0 aliphatic heterocycles. The van der Waals surface area contributed by atoms with Crippen molar-refractivity contribution < 1.29 is 18.8 Å². The first-order valence-corrected chi connectivity index (χ1v) is 10.0. The molecular weight excluding hydrogens is 416 g/mol. The number of rotatable bonds is 6. The van der Waals surface area contributed by atoms with E-state index in [0.29, 0.717) is 27.6 Å². The monoisotopic (exact) mass is 432 g/mol. The Morgan fingerprint density at radius 3 is 2.26 bits per heavy atom. The first-order valence-electron chi connectivity index (χ1n) is 9.16. The standard InChI is InChI=1S/C22H16N4O4S/c27-19(14-6-8-16(9-7-14)24-21(29)18-5-2-11-30-18)25-17-4-1-3-15(13-17)20(28)26-22-23-10-12-31-22/h1-13H,(H,24,29)(H,25,27)(H,23,26,28). The molecule has 2 heterocycles. The Bertz CT molecular complexity index is 1200. The third-order valence-electron chi connectivity index (χ3n) is 4.19. The van der Waals surface area contributed by atoms with E-state index in [2.05, 4.69) is 20.9 Å². The van der Waals surface area contributed by atoms with Gasteiger partial charge < -0.3 is 15.1 Å². The molecule has 3 N–H and O–H groups in total. The summed E-state index contributed by atoms with van der Waals surface area (Å²) in [6.45, 7) is 0. The molecule has 8 nitrogen and oxygen atoms in total. The third kappa shape index (κ3) is 5.03. The van der Waals surface area contributed by atoms with E-state index in [0.717, 1.165) is 0 Å². The van der Waals surface area contributed by atoms with Crippen molar-refractivity contribution >= 4 is 45.6 Å². The zero-order valence-corrected chi connectivity index (χ0v) is 16.8. The van der Waals surface area contributed by atoms with E-state index >= 15 is 0 Å². The van der Waals surface area contributed by atoms with Crippen LogP contribution in [0.2, 0.25) is 0 Å². The number of amides is 3. The molecule has 0 atom stereocenters. The molecule has 4 aromatic rings.